The number of benzene rings is 1. The lowest BCUT2D eigenvalue weighted by molar-refractivity contribution is 0.0697. The Balaban J connectivity index is 2.48. The van der Waals surface area contributed by atoms with Crippen LogP contribution in [0.4, 0.5) is 0 Å². The number of carbonyl (C=O) groups is 1. The molecule has 76 valence electrons. The lowest BCUT2D eigenvalue weighted by Gasteiger charge is -2.01. The average molecular weight is 268 g/mol. The first-order valence-corrected chi connectivity index (χ1v) is 4.89. The number of carboxylic acids is 1. The first-order chi connectivity index (χ1) is 7.18. The Hall–Kier alpha value is -1.62. The molecule has 0 bridgehead atoms. The molecule has 4 nitrogen and oxygen atoms in total. The third-order valence-corrected chi connectivity index (χ3v) is 2.57. The molecular weight excluding hydrogens is 262 g/mol. The van der Waals surface area contributed by atoms with Gasteiger partial charge < -0.3 is 9.52 Å². The van der Waals surface area contributed by atoms with E-state index in [1.54, 1.807) is 12.3 Å². The molecule has 5 heteroatoms. The number of hydrogen-bond acceptors (Lipinski definition) is 3. The summed E-state index contributed by atoms with van der Waals surface area (Å²) in [5.41, 5.74) is 1.00. The summed E-state index contributed by atoms with van der Waals surface area (Å²) in [7, 11) is 0. The second-order valence-electron chi connectivity index (χ2n) is 2.87. The zero-order valence-electron chi connectivity index (χ0n) is 7.48. The van der Waals surface area contributed by atoms with Crippen LogP contribution in [-0.2, 0) is 0 Å². The van der Waals surface area contributed by atoms with Gasteiger partial charge in [0.1, 0.15) is 0 Å². The summed E-state index contributed by atoms with van der Waals surface area (Å²) < 4.78 is 5.78. The van der Waals surface area contributed by atoms with Gasteiger partial charge in [-0.3, -0.25) is 0 Å². The van der Waals surface area contributed by atoms with E-state index in [-0.39, 0.29) is 5.56 Å². The number of nitrogens with zero attached hydrogens (tertiary/aromatic N) is 1. The van der Waals surface area contributed by atoms with Gasteiger partial charge in [0.2, 0.25) is 0 Å². The Labute approximate surface area is 93.7 Å². The summed E-state index contributed by atoms with van der Waals surface area (Å²) in [4.78, 5) is 14.5. The maximum Gasteiger partial charge on any atom is 0.335 e. The molecule has 0 atom stereocenters. The van der Waals surface area contributed by atoms with Crippen LogP contribution < -0.4 is 0 Å². The molecule has 1 N–H and O–H groups in total. The van der Waals surface area contributed by atoms with E-state index in [2.05, 4.69) is 20.9 Å². The lowest BCUT2D eigenvalue weighted by Crippen LogP contribution is -1.95. The van der Waals surface area contributed by atoms with Crippen molar-refractivity contribution in [3.8, 4) is 11.3 Å². The molecule has 0 aliphatic heterocycles. The van der Waals surface area contributed by atoms with Crippen LogP contribution in [0.15, 0.2) is 39.7 Å². The number of rotatable bonds is 2. The second-order valence-corrected chi connectivity index (χ2v) is 3.72. The maximum absolute atomic E-state index is 10.7. The zero-order valence-corrected chi connectivity index (χ0v) is 9.06. The standard InChI is InChI=1S/C10H6BrNO3/c11-8-3-6(10(13)14)1-2-7(8)9-4-12-5-15-9/h1-5H,(H,13,14). The fourth-order valence-corrected chi connectivity index (χ4v) is 1.77. The van der Waals surface area contributed by atoms with E-state index in [1.165, 1.54) is 18.5 Å². The molecule has 0 spiro atoms. The minimum absolute atomic E-state index is 0.227. The van der Waals surface area contributed by atoms with Crippen LogP contribution in [0.1, 0.15) is 10.4 Å². The van der Waals surface area contributed by atoms with Crippen molar-refractivity contribution in [2.24, 2.45) is 0 Å². The van der Waals surface area contributed by atoms with Gasteiger partial charge in [0.05, 0.1) is 11.8 Å². The summed E-state index contributed by atoms with van der Waals surface area (Å²) in [6.45, 7) is 0. The van der Waals surface area contributed by atoms with Gasteiger partial charge in [-0.05, 0) is 18.2 Å². The highest BCUT2D eigenvalue weighted by Crippen LogP contribution is 2.28. The Morgan fingerprint density at radius 3 is 2.80 bits per heavy atom. The molecule has 1 heterocycles. The normalized spacial score (nSPS) is 10.2. The minimum Gasteiger partial charge on any atom is -0.478 e. The van der Waals surface area contributed by atoms with Crippen molar-refractivity contribution in [3.05, 3.63) is 40.8 Å². The monoisotopic (exact) mass is 267 g/mol. The Bertz CT molecular complexity index is 493. The van der Waals surface area contributed by atoms with Crippen LogP contribution in [0.2, 0.25) is 0 Å². The summed E-state index contributed by atoms with van der Waals surface area (Å²) in [6.07, 6.45) is 2.90. The van der Waals surface area contributed by atoms with Crippen LogP contribution >= 0.6 is 15.9 Å². The van der Waals surface area contributed by atoms with Crippen molar-refractivity contribution < 1.29 is 14.3 Å². The fourth-order valence-electron chi connectivity index (χ4n) is 1.20. The van der Waals surface area contributed by atoms with Crippen molar-refractivity contribution >= 4 is 21.9 Å². The van der Waals surface area contributed by atoms with Gasteiger partial charge in [-0.25, -0.2) is 9.78 Å². The molecule has 0 radical (unpaired) electrons. The van der Waals surface area contributed by atoms with Crippen molar-refractivity contribution in [3.63, 3.8) is 0 Å². The van der Waals surface area contributed by atoms with Gasteiger partial charge in [-0.1, -0.05) is 15.9 Å². The molecule has 0 saturated heterocycles. The number of hydrogen-bond donors (Lipinski definition) is 1. The molecule has 0 aliphatic rings. The third-order valence-electron chi connectivity index (χ3n) is 1.91. The summed E-state index contributed by atoms with van der Waals surface area (Å²) >= 11 is 3.29. The van der Waals surface area contributed by atoms with Crippen LogP contribution in [0.25, 0.3) is 11.3 Å². The predicted molar refractivity (Wildman–Crippen MR) is 56.6 cm³/mol. The molecule has 0 fully saturated rings. The van der Waals surface area contributed by atoms with Crippen molar-refractivity contribution in [2.45, 2.75) is 0 Å². The SMILES string of the molecule is O=C(O)c1ccc(-c2cnco2)c(Br)c1. The molecule has 2 rings (SSSR count). The predicted octanol–water partition coefficient (Wildman–Crippen LogP) is 2.80. The topological polar surface area (TPSA) is 63.3 Å². The van der Waals surface area contributed by atoms with E-state index in [0.29, 0.717) is 10.2 Å². The molecule has 0 aliphatic carbocycles. The Morgan fingerprint density at radius 1 is 1.47 bits per heavy atom. The van der Waals surface area contributed by atoms with E-state index in [1.807, 2.05) is 0 Å². The third kappa shape index (κ3) is 1.92. The van der Waals surface area contributed by atoms with E-state index in [0.717, 1.165) is 5.56 Å². The Morgan fingerprint density at radius 2 is 2.27 bits per heavy atom. The number of carboxylic acid groups (broad SMARTS) is 1. The smallest absolute Gasteiger partial charge is 0.335 e. The lowest BCUT2D eigenvalue weighted by atomic mass is 10.1. The number of oxazole rings is 1. The molecule has 0 saturated carbocycles. The first kappa shape index (κ1) is 9.92. The van der Waals surface area contributed by atoms with E-state index >= 15 is 0 Å². The van der Waals surface area contributed by atoms with Crippen molar-refractivity contribution in [1.29, 1.82) is 0 Å². The van der Waals surface area contributed by atoms with Crippen LogP contribution in [0, 0.1) is 0 Å². The van der Waals surface area contributed by atoms with E-state index in [4.69, 9.17) is 9.52 Å². The largest absolute Gasteiger partial charge is 0.478 e. The average Bonchev–Trinajstić information content (AvgIpc) is 2.70. The number of halogens is 1. The van der Waals surface area contributed by atoms with Crippen LogP contribution in [-0.4, -0.2) is 16.1 Å². The first-order valence-electron chi connectivity index (χ1n) is 4.10. The molecule has 2 aromatic rings. The molecule has 0 amide bonds. The highest BCUT2D eigenvalue weighted by molar-refractivity contribution is 9.10. The van der Waals surface area contributed by atoms with Gasteiger partial charge in [0.25, 0.3) is 0 Å². The maximum atomic E-state index is 10.7. The molecular formula is C10H6BrNO3. The summed E-state index contributed by atoms with van der Waals surface area (Å²) in [6, 6.07) is 4.72. The van der Waals surface area contributed by atoms with Gasteiger partial charge in [-0.2, -0.15) is 0 Å². The van der Waals surface area contributed by atoms with Crippen LogP contribution in [0.3, 0.4) is 0 Å². The van der Waals surface area contributed by atoms with Gasteiger partial charge in [-0.15, -0.1) is 0 Å². The Kier molecular flexibility index (Phi) is 2.55. The quantitative estimate of drug-likeness (QED) is 0.909. The fraction of sp³-hybridized carbons (Fsp3) is 0. The molecule has 0 unspecified atom stereocenters. The number of aromatic carboxylic acids is 1. The van der Waals surface area contributed by atoms with Gasteiger partial charge in [0, 0.05) is 10.0 Å². The van der Waals surface area contributed by atoms with Gasteiger partial charge >= 0.3 is 5.97 Å². The summed E-state index contributed by atoms with van der Waals surface area (Å²) in [5.74, 6) is -0.362. The van der Waals surface area contributed by atoms with Crippen molar-refractivity contribution in [1.82, 2.24) is 4.98 Å². The molecule has 1 aromatic carbocycles. The number of aromatic nitrogens is 1. The van der Waals surface area contributed by atoms with E-state index in [9.17, 15) is 4.79 Å². The molecule has 15 heavy (non-hydrogen) atoms. The van der Waals surface area contributed by atoms with Crippen LogP contribution in [0.5, 0.6) is 0 Å². The minimum atomic E-state index is -0.959. The van der Waals surface area contributed by atoms with E-state index < -0.39 is 5.97 Å². The van der Waals surface area contributed by atoms with Gasteiger partial charge in [0.15, 0.2) is 12.2 Å². The summed E-state index contributed by atoms with van der Waals surface area (Å²) in [5, 5.41) is 8.77. The molecule has 1 aromatic heterocycles. The highest BCUT2D eigenvalue weighted by Gasteiger charge is 2.09. The van der Waals surface area contributed by atoms with Crippen molar-refractivity contribution in [2.75, 3.05) is 0 Å². The second kappa shape index (κ2) is 3.86. The zero-order chi connectivity index (χ0) is 10.8. The highest BCUT2D eigenvalue weighted by atomic mass is 79.9.